The molecule has 0 unspecified atom stereocenters. The first kappa shape index (κ1) is 16.2. The molecular formula is C17H22BNO4. The number of nitrogens with zero attached hydrogens (tertiary/aromatic N) is 1. The van der Waals surface area contributed by atoms with E-state index in [0.717, 1.165) is 0 Å². The highest BCUT2D eigenvalue weighted by Crippen LogP contribution is 2.38. The number of carbonyl (C=O) groups is 2. The summed E-state index contributed by atoms with van der Waals surface area (Å²) in [5.74, 6) is -0.418. The third kappa shape index (κ3) is 2.70. The van der Waals surface area contributed by atoms with Gasteiger partial charge in [-0.1, -0.05) is 12.1 Å². The molecule has 5 nitrogen and oxygen atoms in total. The van der Waals surface area contributed by atoms with Crippen LogP contribution in [-0.2, 0) is 9.31 Å². The van der Waals surface area contributed by atoms with Crippen molar-refractivity contribution in [3.8, 4) is 0 Å². The van der Waals surface area contributed by atoms with Gasteiger partial charge in [-0.15, -0.1) is 0 Å². The zero-order valence-electron chi connectivity index (χ0n) is 14.1. The summed E-state index contributed by atoms with van der Waals surface area (Å²) in [6.07, 6.45) is 1.31. The Kier molecular flexibility index (Phi) is 3.85. The van der Waals surface area contributed by atoms with Crippen molar-refractivity contribution in [1.82, 2.24) is 4.90 Å². The zero-order chi connectivity index (χ0) is 16.8. The average Bonchev–Trinajstić information content (AvgIpc) is 2.83. The van der Waals surface area contributed by atoms with Gasteiger partial charge in [0.1, 0.15) is 0 Å². The van der Waals surface area contributed by atoms with Gasteiger partial charge in [0.15, 0.2) is 0 Å². The Bertz CT molecular complexity index is 605. The summed E-state index contributed by atoms with van der Waals surface area (Å²) in [6, 6.07) is 6.95. The molecule has 6 heteroatoms. The molecule has 0 atom stereocenters. The highest BCUT2D eigenvalue weighted by Gasteiger charge is 2.50. The number of hydrogen-bond acceptors (Lipinski definition) is 4. The van der Waals surface area contributed by atoms with E-state index in [1.165, 1.54) is 4.90 Å². The van der Waals surface area contributed by atoms with Crippen LogP contribution in [0, 0.1) is 0 Å². The van der Waals surface area contributed by atoms with Gasteiger partial charge in [0.25, 0.3) is 11.8 Å². The molecule has 1 aromatic rings. The van der Waals surface area contributed by atoms with E-state index in [0.29, 0.717) is 30.4 Å². The van der Waals surface area contributed by atoms with E-state index in [1.54, 1.807) is 24.3 Å². The van der Waals surface area contributed by atoms with E-state index in [2.05, 4.69) is 0 Å². The maximum atomic E-state index is 12.3. The van der Waals surface area contributed by atoms with Gasteiger partial charge in [0.05, 0.1) is 22.3 Å². The first-order valence-corrected chi connectivity index (χ1v) is 8.04. The molecule has 0 saturated carbocycles. The summed E-state index contributed by atoms with van der Waals surface area (Å²) >= 11 is 0. The fourth-order valence-electron chi connectivity index (χ4n) is 2.94. The molecule has 0 aromatic heterocycles. The second-order valence-electron chi connectivity index (χ2n) is 7.14. The third-order valence-electron chi connectivity index (χ3n) is 5.00. The monoisotopic (exact) mass is 315 g/mol. The van der Waals surface area contributed by atoms with Crippen molar-refractivity contribution in [2.75, 3.05) is 6.54 Å². The summed E-state index contributed by atoms with van der Waals surface area (Å²) in [5.41, 5.74) is 0.279. The standard InChI is InChI=1S/C17H22BNO4/c1-16(2)17(3,4)23-18(22-16)10-7-11-19-14(20)12-8-5-6-9-13(12)15(19)21/h5-6,8-9H,7,10-11H2,1-4H3. The summed E-state index contributed by atoms with van der Waals surface area (Å²) in [6.45, 7) is 8.43. The number of imide groups is 1. The molecule has 0 aliphatic carbocycles. The van der Waals surface area contributed by atoms with Crippen LogP contribution in [0.2, 0.25) is 6.32 Å². The molecular weight excluding hydrogens is 293 g/mol. The maximum Gasteiger partial charge on any atom is 0.457 e. The molecule has 1 saturated heterocycles. The van der Waals surface area contributed by atoms with Crippen molar-refractivity contribution in [2.24, 2.45) is 0 Å². The predicted molar refractivity (Wildman–Crippen MR) is 87.3 cm³/mol. The third-order valence-corrected chi connectivity index (χ3v) is 5.00. The molecule has 1 aromatic carbocycles. The van der Waals surface area contributed by atoms with E-state index >= 15 is 0 Å². The van der Waals surface area contributed by atoms with Crippen LogP contribution >= 0.6 is 0 Å². The topological polar surface area (TPSA) is 55.8 Å². The van der Waals surface area contributed by atoms with Crippen molar-refractivity contribution in [2.45, 2.75) is 51.6 Å². The number of benzene rings is 1. The lowest BCUT2D eigenvalue weighted by molar-refractivity contribution is 0.00578. The molecule has 0 N–H and O–H groups in total. The van der Waals surface area contributed by atoms with Gasteiger partial charge in [-0.2, -0.15) is 0 Å². The van der Waals surface area contributed by atoms with Crippen LogP contribution in [0.25, 0.3) is 0 Å². The predicted octanol–water partition coefficient (Wildman–Crippen LogP) is 2.76. The normalized spacial score (nSPS) is 21.9. The molecule has 3 rings (SSSR count). The van der Waals surface area contributed by atoms with Gasteiger partial charge in [-0.25, -0.2) is 0 Å². The van der Waals surface area contributed by atoms with Gasteiger partial charge in [-0.3, -0.25) is 14.5 Å². The molecule has 0 spiro atoms. The molecule has 2 aliphatic rings. The van der Waals surface area contributed by atoms with Crippen molar-refractivity contribution in [3.63, 3.8) is 0 Å². The summed E-state index contributed by atoms with van der Waals surface area (Å²) in [4.78, 5) is 25.9. The molecule has 2 heterocycles. The van der Waals surface area contributed by atoms with Crippen molar-refractivity contribution >= 4 is 18.9 Å². The van der Waals surface area contributed by atoms with Crippen molar-refractivity contribution in [1.29, 1.82) is 0 Å². The van der Waals surface area contributed by atoms with Crippen LogP contribution in [0.1, 0.15) is 54.8 Å². The number of carbonyl (C=O) groups excluding carboxylic acids is 2. The van der Waals surface area contributed by atoms with Crippen LogP contribution in [0.3, 0.4) is 0 Å². The fourth-order valence-corrected chi connectivity index (χ4v) is 2.94. The smallest absolute Gasteiger partial charge is 0.403 e. The minimum absolute atomic E-state index is 0.209. The zero-order valence-corrected chi connectivity index (χ0v) is 14.1. The van der Waals surface area contributed by atoms with Gasteiger partial charge in [0.2, 0.25) is 0 Å². The van der Waals surface area contributed by atoms with E-state index in [1.807, 2.05) is 27.7 Å². The molecule has 122 valence electrons. The van der Waals surface area contributed by atoms with E-state index in [-0.39, 0.29) is 30.1 Å². The summed E-state index contributed by atoms with van der Waals surface area (Å²) in [5, 5.41) is 0. The van der Waals surface area contributed by atoms with Crippen molar-refractivity contribution < 1.29 is 18.9 Å². The Balaban J connectivity index is 1.57. The van der Waals surface area contributed by atoms with E-state index in [4.69, 9.17) is 9.31 Å². The summed E-state index contributed by atoms with van der Waals surface area (Å²) < 4.78 is 11.9. The minimum atomic E-state index is -0.354. The Labute approximate surface area is 137 Å². The number of hydrogen-bond donors (Lipinski definition) is 0. The largest absolute Gasteiger partial charge is 0.457 e. The molecule has 23 heavy (non-hydrogen) atoms. The Morgan fingerprint density at radius 3 is 1.91 bits per heavy atom. The van der Waals surface area contributed by atoms with Crippen LogP contribution in [-0.4, -0.2) is 41.6 Å². The molecule has 0 radical (unpaired) electrons. The molecule has 0 bridgehead atoms. The molecule has 2 aliphatic heterocycles. The lowest BCUT2D eigenvalue weighted by Crippen LogP contribution is -2.41. The maximum absolute atomic E-state index is 12.3. The van der Waals surface area contributed by atoms with Gasteiger partial charge in [0, 0.05) is 6.54 Å². The Morgan fingerprint density at radius 2 is 1.43 bits per heavy atom. The highest BCUT2D eigenvalue weighted by atomic mass is 16.7. The average molecular weight is 315 g/mol. The minimum Gasteiger partial charge on any atom is -0.403 e. The Hall–Kier alpha value is -1.66. The summed E-state index contributed by atoms with van der Waals surface area (Å²) in [7, 11) is -0.296. The van der Waals surface area contributed by atoms with Crippen LogP contribution < -0.4 is 0 Å². The van der Waals surface area contributed by atoms with E-state index in [9.17, 15) is 9.59 Å². The SMILES string of the molecule is CC1(C)OB(CCCN2C(=O)c3ccccc3C2=O)OC1(C)C. The number of rotatable bonds is 4. The fraction of sp³-hybridized carbons (Fsp3) is 0.529. The Morgan fingerprint density at radius 1 is 0.957 bits per heavy atom. The van der Waals surface area contributed by atoms with E-state index < -0.39 is 0 Å². The lowest BCUT2D eigenvalue weighted by Gasteiger charge is -2.32. The number of amides is 2. The first-order chi connectivity index (χ1) is 10.7. The van der Waals surface area contributed by atoms with Crippen LogP contribution in [0.4, 0.5) is 0 Å². The second-order valence-corrected chi connectivity index (χ2v) is 7.14. The second kappa shape index (κ2) is 5.46. The van der Waals surface area contributed by atoms with Gasteiger partial charge < -0.3 is 9.31 Å². The van der Waals surface area contributed by atoms with Gasteiger partial charge >= 0.3 is 7.12 Å². The quantitative estimate of drug-likeness (QED) is 0.633. The lowest BCUT2D eigenvalue weighted by atomic mass is 9.83. The molecule has 2 amide bonds. The number of fused-ring (bicyclic) bond motifs is 1. The van der Waals surface area contributed by atoms with Crippen molar-refractivity contribution in [3.05, 3.63) is 35.4 Å². The highest BCUT2D eigenvalue weighted by molar-refractivity contribution is 6.45. The van der Waals surface area contributed by atoms with Crippen LogP contribution in [0.15, 0.2) is 24.3 Å². The van der Waals surface area contributed by atoms with Gasteiger partial charge in [-0.05, 0) is 52.6 Å². The molecule has 1 fully saturated rings. The van der Waals surface area contributed by atoms with Crippen LogP contribution in [0.5, 0.6) is 0 Å². The first-order valence-electron chi connectivity index (χ1n) is 8.04.